The van der Waals surface area contributed by atoms with Crippen molar-refractivity contribution in [3.8, 4) is 5.75 Å². The third-order valence-corrected chi connectivity index (χ3v) is 3.22. The van der Waals surface area contributed by atoms with Gasteiger partial charge in [0.1, 0.15) is 11.5 Å². The molecular formula is C15H12O4. The largest absolute Gasteiger partial charge is 0.428 e. The molecule has 0 amide bonds. The molecule has 0 fully saturated rings. The molecule has 0 radical (unpaired) electrons. The molecule has 1 aliphatic rings. The Bertz CT molecular complexity index is 685. The summed E-state index contributed by atoms with van der Waals surface area (Å²) in [5.74, 6) is 0.129. The molecule has 19 heavy (non-hydrogen) atoms. The van der Waals surface area contributed by atoms with Crippen LogP contribution in [0.4, 0.5) is 0 Å². The van der Waals surface area contributed by atoms with Gasteiger partial charge in [0.15, 0.2) is 0 Å². The Balaban J connectivity index is 2.20. The van der Waals surface area contributed by atoms with Crippen molar-refractivity contribution in [1.82, 2.24) is 0 Å². The SMILES string of the molecule is Cc1cc2c(c(=O)o1)C(c1ccccc1)CC(=O)O2. The summed E-state index contributed by atoms with van der Waals surface area (Å²) >= 11 is 0. The fourth-order valence-electron chi connectivity index (χ4n) is 2.39. The maximum Gasteiger partial charge on any atom is 0.343 e. The highest BCUT2D eigenvalue weighted by Crippen LogP contribution is 2.36. The smallest absolute Gasteiger partial charge is 0.343 e. The van der Waals surface area contributed by atoms with E-state index in [1.54, 1.807) is 13.0 Å². The predicted molar refractivity (Wildman–Crippen MR) is 68.3 cm³/mol. The molecule has 0 saturated heterocycles. The molecule has 1 atom stereocenters. The van der Waals surface area contributed by atoms with E-state index < -0.39 is 5.63 Å². The van der Waals surface area contributed by atoms with Crippen molar-refractivity contribution >= 4 is 5.97 Å². The topological polar surface area (TPSA) is 56.5 Å². The number of hydrogen-bond acceptors (Lipinski definition) is 4. The summed E-state index contributed by atoms with van der Waals surface area (Å²) in [5, 5.41) is 0. The molecule has 0 aliphatic carbocycles. The van der Waals surface area contributed by atoms with Crippen LogP contribution in [-0.2, 0) is 4.79 Å². The van der Waals surface area contributed by atoms with E-state index in [0.717, 1.165) is 5.56 Å². The zero-order valence-corrected chi connectivity index (χ0v) is 10.4. The van der Waals surface area contributed by atoms with E-state index in [1.807, 2.05) is 30.3 Å². The van der Waals surface area contributed by atoms with Gasteiger partial charge in [0, 0.05) is 12.0 Å². The highest BCUT2D eigenvalue weighted by atomic mass is 16.5. The number of hydrogen-bond donors (Lipinski definition) is 0. The molecule has 0 N–H and O–H groups in total. The number of aryl methyl sites for hydroxylation is 1. The lowest BCUT2D eigenvalue weighted by Gasteiger charge is -2.23. The minimum absolute atomic E-state index is 0.158. The third kappa shape index (κ3) is 2.05. The summed E-state index contributed by atoms with van der Waals surface area (Å²) in [4.78, 5) is 23.7. The van der Waals surface area contributed by atoms with Crippen LogP contribution in [0.3, 0.4) is 0 Å². The molecule has 1 aromatic carbocycles. The quantitative estimate of drug-likeness (QED) is 0.735. The van der Waals surface area contributed by atoms with E-state index in [9.17, 15) is 9.59 Å². The van der Waals surface area contributed by atoms with Crippen LogP contribution >= 0.6 is 0 Å². The van der Waals surface area contributed by atoms with Crippen molar-refractivity contribution in [2.75, 3.05) is 0 Å². The number of carbonyl (C=O) groups excluding carboxylic acids is 1. The van der Waals surface area contributed by atoms with Crippen LogP contribution in [0, 0.1) is 6.92 Å². The van der Waals surface area contributed by atoms with Crippen LogP contribution in [0.2, 0.25) is 0 Å². The first-order valence-electron chi connectivity index (χ1n) is 6.05. The molecule has 96 valence electrons. The Morgan fingerprint density at radius 2 is 1.89 bits per heavy atom. The molecule has 3 rings (SSSR count). The average molecular weight is 256 g/mol. The lowest BCUT2D eigenvalue weighted by atomic mass is 9.87. The number of esters is 1. The third-order valence-electron chi connectivity index (χ3n) is 3.22. The van der Waals surface area contributed by atoms with Crippen molar-refractivity contribution in [2.45, 2.75) is 19.3 Å². The fourth-order valence-corrected chi connectivity index (χ4v) is 2.39. The fraction of sp³-hybridized carbons (Fsp3) is 0.200. The minimum atomic E-state index is -0.434. The lowest BCUT2D eigenvalue weighted by molar-refractivity contribution is -0.135. The van der Waals surface area contributed by atoms with Gasteiger partial charge in [0.2, 0.25) is 0 Å². The monoisotopic (exact) mass is 256 g/mol. The molecule has 2 aromatic rings. The van der Waals surface area contributed by atoms with Gasteiger partial charge in [-0.2, -0.15) is 0 Å². The van der Waals surface area contributed by atoms with Crippen molar-refractivity contribution in [1.29, 1.82) is 0 Å². The van der Waals surface area contributed by atoms with Crippen LogP contribution in [0.5, 0.6) is 5.75 Å². The van der Waals surface area contributed by atoms with E-state index in [4.69, 9.17) is 9.15 Å². The van der Waals surface area contributed by atoms with E-state index in [0.29, 0.717) is 17.1 Å². The standard InChI is InChI=1S/C15H12O4/c1-9-7-12-14(15(17)18-9)11(8-13(16)19-12)10-5-3-2-4-6-10/h2-7,11H,8H2,1H3. The maximum atomic E-state index is 12.0. The van der Waals surface area contributed by atoms with Crippen molar-refractivity contribution in [2.24, 2.45) is 0 Å². The van der Waals surface area contributed by atoms with Gasteiger partial charge in [-0.25, -0.2) is 4.79 Å². The van der Waals surface area contributed by atoms with Gasteiger partial charge in [-0.1, -0.05) is 30.3 Å². The zero-order valence-electron chi connectivity index (χ0n) is 10.4. The molecule has 0 saturated carbocycles. The van der Waals surface area contributed by atoms with E-state index in [1.165, 1.54) is 0 Å². The highest BCUT2D eigenvalue weighted by molar-refractivity contribution is 5.77. The van der Waals surface area contributed by atoms with Gasteiger partial charge in [0.05, 0.1) is 12.0 Å². The molecule has 2 heterocycles. The van der Waals surface area contributed by atoms with Crippen LogP contribution in [-0.4, -0.2) is 5.97 Å². The number of carbonyl (C=O) groups is 1. The van der Waals surface area contributed by atoms with Crippen molar-refractivity contribution in [3.63, 3.8) is 0 Å². The molecule has 1 aromatic heterocycles. The molecule has 1 aliphatic heterocycles. The number of fused-ring (bicyclic) bond motifs is 1. The number of rotatable bonds is 1. The first kappa shape index (κ1) is 11.7. The zero-order chi connectivity index (χ0) is 13.4. The average Bonchev–Trinajstić information content (AvgIpc) is 2.38. The Hall–Kier alpha value is -2.36. The van der Waals surface area contributed by atoms with Gasteiger partial charge in [-0.15, -0.1) is 0 Å². The molecule has 1 unspecified atom stereocenters. The normalized spacial score (nSPS) is 17.7. The summed E-state index contributed by atoms with van der Waals surface area (Å²) in [6.07, 6.45) is 0.158. The van der Waals surface area contributed by atoms with E-state index in [-0.39, 0.29) is 18.3 Å². The Morgan fingerprint density at radius 1 is 1.16 bits per heavy atom. The van der Waals surface area contributed by atoms with Crippen molar-refractivity contribution < 1.29 is 13.9 Å². The van der Waals surface area contributed by atoms with Crippen LogP contribution in [0.1, 0.15) is 29.2 Å². The lowest BCUT2D eigenvalue weighted by Crippen LogP contribution is -2.26. The van der Waals surface area contributed by atoms with E-state index >= 15 is 0 Å². The summed E-state index contributed by atoms with van der Waals surface area (Å²) < 4.78 is 10.3. The molecule has 4 nitrogen and oxygen atoms in total. The summed E-state index contributed by atoms with van der Waals surface area (Å²) in [7, 11) is 0. The van der Waals surface area contributed by atoms with E-state index in [2.05, 4.69) is 0 Å². The Labute approximate surface area is 109 Å². The van der Waals surface area contributed by atoms with Gasteiger partial charge in [0.25, 0.3) is 0 Å². The molecule has 4 heteroatoms. The van der Waals surface area contributed by atoms with Gasteiger partial charge in [-0.3, -0.25) is 4.79 Å². The number of ether oxygens (including phenoxy) is 1. The minimum Gasteiger partial charge on any atom is -0.428 e. The molecule has 0 bridgehead atoms. The van der Waals surface area contributed by atoms with Gasteiger partial charge in [-0.05, 0) is 12.5 Å². The summed E-state index contributed by atoms with van der Waals surface area (Å²) in [6, 6.07) is 11.0. The highest BCUT2D eigenvalue weighted by Gasteiger charge is 2.32. The van der Waals surface area contributed by atoms with Crippen LogP contribution in [0.25, 0.3) is 0 Å². The van der Waals surface area contributed by atoms with Crippen molar-refractivity contribution in [3.05, 3.63) is 63.7 Å². The second-order valence-corrected chi connectivity index (χ2v) is 4.56. The van der Waals surface area contributed by atoms with Gasteiger partial charge >= 0.3 is 11.6 Å². The summed E-state index contributed by atoms with van der Waals surface area (Å²) in [6.45, 7) is 1.65. The second kappa shape index (κ2) is 4.39. The first-order chi connectivity index (χ1) is 9.15. The second-order valence-electron chi connectivity index (χ2n) is 4.56. The van der Waals surface area contributed by atoms with Crippen LogP contribution in [0.15, 0.2) is 45.6 Å². The maximum absolute atomic E-state index is 12.0. The first-order valence-corrected chi connectivity index (χ1v) is 6.05. The van der Waals surface area contributed by atoms with Gasteiger partial charge < -0.3 is 9.15 Å². The number of benzene rings is 1. The van der Waals surface area contributed by atoms with Crippen LogP contribution < -0.4 is 10.4 Å². The Morgan fingerprint density at radius 3 is 2.63 bits per heavy atom. The predicted octanol–water partition coefficient (Wildman–Crippen LogP) is 2.39. The summed E-state index contributed by atoms with van der Waals surface area (Å²) in [5.41, 5.74) is 0.907. The molecular weight excluding hydrogens is 244 g/mol. The molecule has 0 spiro atoms. The Kier molecular flexibility index (Phi) is 2.71.